The standard InChI is InChI=1S/C16H22ClN3O/c17-14-3-1-13(2-4-14)7-8-19-9-11-20(12-10-19)16(21)18-15-5-6-15/h1-4,15H,5-12H2,(H,18,21). The average Bonchev–Trinajstić information content (AvgIpc) is 3.31. The van der Waals surface area contributed by atoms with Crippen LogP contribution in [0, 0.1) is 0 Å². The Labute approximate surface area is 131 Å². The van der Waals surface area contributed by atoms with Gasteiger partial charge in [-0.2, -0.15) is 0 Å². The maximum Gasteiger partial charge on any atom is 0.317 e. The summed E-state index contributed by atoms with van der Waals surface area (Å²) in [6, 6.07) is 8.62. The summed E-state index contributed by atoms with van der Waals surface area (Å²) in [6.45, 7) is 4.63. The monoisotopic (exact) mass is 307 g/mol. The number of halogens is 1. The van der Waals surface area contributed by atoms with Crippen LogP contribution in [0.5, 0.6) is 0 Å². The molecule has 1 saturated heterocycles. The van der Waals surface area contributed by atoms with E-state index in [1.165, 1.54) is 5.56 Å². The summed E-state index contributed by atoms with van der Waals surface area (Å²) in [5.74, 6) is 0. The second-order valence-electron chi connectivity index (χ2n) is 5.93. The van der Waals surface area contributed by atoms with Gasteiger partial charge >= 0.3 is 6.03 Å². The van der Waals surface area contributed by atoms with Crippen molar-refractivity contribution < 1.29 is 4.79 Å². The Morgan fingerprint density at radius 2 is 1.81 bits per heavy atom. The third kappa shape index (κ3) is 4.35. The highest BCUT2D eigenvalue weighted by molar-refractivity contribution is 6.30. The highest BCUT2D eigenvalue weighted by Crippen LogP contribution is 2.19. The molecule has 1 N–H and O–H groups in total. The maximum atomic E-state index is 12.0. The van der Waals surface area contributed by atoms with E-state index in [1.54, 1.807) is 0 Å². The lowest BCUT2D eigenvalue weighted by atomic mass is 10.1. The number of nitrogens with zero attached hydrogens (tertiary/aromatic N) is 2. The molecule has 3 rings (SSSR count). The first kappa shape index (κ1) is 14.7. The first-order valence-electron chi connectivity index (χ1n) is 7.73. The molecule has 21 heavy (non-hydrogen) atoms. The third-order valence-corrected chi connectivity index (χ3v) is 4.45. The molecule has 1 aliphatic carbocycles. The number of carbonyl (C=O) groups is 1. The molecule has 4 nitrogen and oxygen atoms in total. The van der Waals surface area contributed by atoms with E-state index in [4.69, 9.17) is 11.6 Å². The van der Waals surface area contributed by atoms with Crippen LogP contribution in [-0.2, 0) is 6.42 Å². The van der Waals surface area contributed by atoms with E-state index in [-0.39, 0.29) is 6.03 Å². The highest BCUT2D eigenvalue weighted by Gasteiger charge is 2.27. The van der Waals surface area contributed by atoms with Gasteiger partial charge in [0.05, 0.1) is 0 Å². The minimum Gasteiger partial charge on any atom is -0.335 e. The fourth-order valence-electron chi connectivity index (χ4n) is 2.61. The number of rotatable bonds is 4. The number of hydrogen-bond acceptors (Lipinski definition) is 2. The van der Waals surface area contributed by atoms with Gasteiger partial charge in [0, 0.05) is 43.8 Å². The van der Waals surface area contributed by atoms with Crippen molar-refractivity contribution in [2.45, 2.75) is 25.3 Å². The minimum atomic E-state index is 0.120. The van der Waals surface area contributed by atoms with E-state index in [1.807, 2.05) is 17.0 Å². The summed E-state index contributed by atoms with van der Waals surface area (Å²) in [5.41, 5.74) is 1.31. The molecule has 1 aliphatic heterocycles. The molecule has 0 unspecified atom stereocenters. The molecule has 2 fully saturated rings. The van der Waals surface area contributed by atoms with Gasteiger partial charge in [-0.15, -0.1) is 0 Å². The van der Waals surface area contributed by atoms with E-state index < -0.39 is 0 Å². The smallest absolute Gasteiger partial charge is 0.317 e. The van der Waals surface area contributed by atoms with Crippen LogP contribution in [0.2, 0.25) is 5.02 Å². The molecule has 5 heteroatoms. The number of carbonyl (C=O) groups excluding carboxylic acids is 1. The van der Waals surface area contributed by atoms with Crippen LogP contribution in [0.15, 0.2) is 24.3 Å². The van der Waals surface area contributed by atoms with E-state index in [0.717, 1.165) is 57.0 Å². The van der Waals surface area contributed by atoms with Crippen molar-refractivity contribution in [3.05, 3.63) is 34.9 Å². The molecular formula is C16H22ClN3O. The molecule has 0 bridgehead atoms. The first-order chi connectivity index (χ1) is 10.2. The van der Waals surface area contributed by atoms with Gasteiger partial charge in [-0.25, -0.2) is 4.79 Å². The number of nitrogens with one attached hydrogen (secondary N) is 1. The zero-order valence-corrected chi connectivity index (χ0v) is 13.0. The predicted molar refractivity (Wildman–Crippen MR) is 84.7 cm³/mol. The molecular weight excluding hydrogens is 286 g/mol. The molecule has 1 saturated carbocycles. The lowest BCUT2D eigenvalue weighted by Crippen LogP contribution is -2.52. The minimum absolute atomic E-state index is 0.120. The van der Waals surface area contributed by atoms with Crippen LogP contribution >= 0.6 is 11.6 Å². The van der Waals surface area contributed by atoms with Crippen LogP contribution in [-0.4, -0.2) is 54.6 Å². The molecule has 0 radical (unpaired) electrons. The lowest BCUT2D eigenvalue weighted by molar-refractivity contribution is 0.140. The van der Waals surface area contributed by atoms with Crippen molar-refractivity contribution in [1.29, 1.82) is 0 Å². The van der Waals surface area contributed by atoms with Crippen molar-refractivity contribution in [2.24, 2.45) is 0 Å². The Kier molecular flexibility index (Phi) is 4.66. The molecule has 2 aliphatic rings. The second kappa shape index (κ2) is 6.67. The largest absolute Gasteiger partial charge is 0.335 e. The van der Waals surface area contributed by atoms with E-state index in [9.17, 15) is 4.79 Å². The van der Waals surface area contributed by atoms with Crippen LogP contribution < -0.4 is 5.32 Å². The lowest BCUT2D eigenvalue weighted by Gasteiger charge is -2.34. The number of amides is 2. The fourth-order valence-corrected chi connectivity index (χ4v) is 2.73. The van der Waals surface area contributed by atoms with Gasteiger partial charge in [0.15, 0.2) is 0 Å². The Hall–Kier alpha value is -1.26. The molecule has 1 aromatic rings. The fraction of sp³-hybridized carbons (Fsp3) is 0.562. The molecule has 0 spiro atoms. The zero-order valence-electron chi connectivity index (χ0n) is 12.2. The molecule has 0 aromatic heterocycles. The quantitative estimate of drug-likeness (QED) is 0.927. The van der Waals surface area contributed by atoms with E-state index in [2.05, 4.69) is 22.3 Å². The van der Waals surface area contributed by atoms with Gasteiger partial charge in [-0.05, 0) is 37.0 Å². The Balaban J connectivity index is 1.39. The summed E-state index contributed by atoms with van der Waals surface area (Å²) >= 11 is 5.89. The van der Waals surface area contributed by atoms with Gasteiger partial charge in [-0.3, -0.25) is 4.90 Å². The van der Waals surface area contributed by atoms with Gasteiger partial charge in [-0.1, -0.05) is 23.7 Å². The van der Waals surface area contributed by atoms with Gasteiger partial charge < -0.3 is 10.2 Å². The SMILES string of the molecule is O=C(NC1CC1)N1CCN(CCc2ccc(Cl)cc2)CC1. The van der Waals surface area contributed by atoms with Gasteiger partial charge in [0.2, 0.25) is 0 Å². The van der Waals surface area contributed by atoms with Crippen LogP contribution in [0.1, 0.15) is 18.4 Å². The number of urea groups is 1. The molecule has 114 valence electrons. The van der Waals surface area contributed by atoms with Crippen molar-refractivity contribution >= 4 is 17.6 Å². The Morgan fingerprint density at radius 1 is 1.14 bits per heavy atom. The summed E-state index contributed by atoms with van der Waals surface area (Å²) in [7, 11) is 0. The van der Waals surface area contributed by atoms with Crippen molar-refractivity contribution in [1.82, 2.24) is 15.1 Å². The Morgan fingerprint density at radius 3 is 2.43 bits per heavy atom. The van der Waals surface area contributed by atoms with E-state index in [0.29, 0.717) is 6.04 Å². The second-order valence-corrected chi connectivity index (χ2v) is 6.37. The Bertz CT molecular complexity index is 479. The topological polar surface area (TPSA) is 35.6 Å². The van der Waals surface area contributed by atoms with Crippen LogP contribution in [0.4, 0.5) is 4.79 Å². The van der Waals surface area contributed by atoms with Crippen LogP contribution in [0.25, 0.3) is 0 Å². The maximum absolute atomic E-state index is 12.0. The number of hydrogen-bond donors (Lipinski definition) is 1. The summed E-state index contributed by atoms with van der Waals surface area (Å²) in [6.07, 6.45) is 3.32. The van der Waals surface area contributed by atoms with Gasteiger partial charge in [0.1, 0.15) is 0 Å². The van der Waals surface area contributed by atoms with Crippen molar-refractivity contribution in [3.63, 3.8) is 0 Å². The van der Waals surface area contributed by atoms with Crippen LogP contribution in [0.3, 0.4) is 0 Å². The normalized spacial score (nSPS) is 19.6. The average molecular weight is 308 g/mol. The van der Waals surface area contributed by atoms with Crippen molar-refractivity contribution in [2.75, 3.05) is 32.7 Å². The molecule has 1 aromatic carbocycles. The van der Waals surface area contributed by atoms with Gasteiger partial charge in [0.25, 0.3) is 0 Å². The highest BCUT2D eigenvalue weighted by atomic mass is 35.5. The predicted octanol–water partition coefficient (Wildman–Crippen LogP) is 2.37. The summed E-state index contributed by atoms with van der Waals surface area (Å²) in [4.78, 5) is 16.3. The molecule has 1 heterocycles. The summed E-state index contributed by atoms with van der Waals surface area (Å²) in [5, 5.41) is 3.84. The number of benzene rings is 1. The first-order valence-corrected chi connectivity index (χ1v) is 8.11. The van der Waals surface area contributed by atoms with E-state index >= 15 is 0 Å². The van der Waals surface area contributed by atoms with Crippen molar-refractivity contribution in [3.8, 4) is 0 Å². The number of piperazine rings is 1. The molecule has 2 amide bonds. The summed E-state index contributed by atoms with van der Waals surface area (Å²) < 4.78 is 0. The zero-order chi connectivity index (χ0) is 14.7. The molecule has 0 atom stereocenters. The third-order valence-electron chi connectivity index (χ3n) is 4.19.